The standard InChI is InChI=1S/C63H47N/c1-63(2)58-30-16-14-27-55(58)57-43-50(39-42-59(57)63)53-26-15-17-31-60(53)64(51-40-37-47(38-41-51)46-35-33-45(34-36-46)44-19-6-3-7-20-44)61-32-18-29-54(49-23-10-5-11-24-49)62(61)56-28-13-12-25-52(56)48-21-8-4-9-22-48/h3-43H,1-2H3. The molecule has 11 rings (SSSR count). The summed E-state index contributed by atoms with van der Waals surface area (Å²) in [5.41, 5.74) is 22.8. The molecule has 0 unspecified atom stereocenters. The zero-order valence-electron chi connectivity index (χ0n) is 36.1. The van der Waals surface area contributed by atoms with E-state index in [4.69, 9.17) is 0 Å². The van der Waals surface area contributed by atoms with Gasteiger partial charge in [-0.25, -0.2) is 0 Å². The van der Waals surface area contributed by atoms with Crippen LogP contribution >= 0.6 is 0 Å². The summed E-state index contributed by atoms with van der Waals surface area (Å²) in [6.07, 6.45) is 0. The number of benzene rings is 10. The molecule has 0 N–H and O–H groups in total. The van der Waals surface area contributed by atoms with Gasteiger partial charge in [-0.05, 0) is 108 Å². The monoisotopic (exact) mass is 817 g/mol. The van der Waals surface area contributed by atoms with Crippen LogP contribution in [0.4, 0.5) is 17.1 Å². The molecule has 0 fully saturated rings. The van der Waals surface area contributed by atoms with Crippen LogP contribution in [0, 0.1) is 0 Å². The topological polar surface area (TPSA) is 3.24 Å². The van der Waals surface area contributed by atoms with Gasteiger partial charge in [-0.1, -0.05) is 232 Å². The number of nitrogens with zero attached hydrogens (tertiary/aromatic N) is 1. The number of anilines is 3. The Morgan fingerprint density at radius 2 is 0.688 bits per heavy atom. The number of rotatable bonds is 9. The van der Waals surface area contributed by atoms with Crippen LogP contribution in [-0.4, -0.2) is 0 Å². The molecule has 64 heavy (non-hydrogen) atoms. The first-order valence-electron chi connectivity index (χ1n) is 22.3. The molecule has 1 heteroatoms. The molecule has 0 bridgehead atoms. The molecule has 0 atom stereocenters. The number of hydrogen-bond donors (Lipinski definition) is 0. The molecule has 0 spiro atoms. The maximum Gasteiger partial charge on any atom is 0.0546 e. The SMILES string of the molecule is CC1(C)c2ccccc2-c2cc(-c3ccccc3N(c3ccc(-c4ccc(-c5ccccc5)cc4)cc3)c3cccc(-c4ccccc4)c3-c3ccccc3-c3ccccc3)ccc21. The molecule has 1 aliphatic carbocycles. The highest BCUT2D eigenvalue weighted by molar-refractivity contribution is 6.03. The minimum Gasteiger partial charge on any atom is -0.309 e. The van der Waals surface area contributed by atoms with Crippen LogP contribution in [0.1, 0.15) is 25.0 Å². The first kappa shape index (κ1) is 38.9. The Hall–Kier alpha value is -8.00. The first-order valence-corrected chi connectivity index (χ1v) is 22.3. The Morgan fingerprint density at radius 3 is 1.33 bits per heavy atom. The lowest BCUT2D eigenvalue weighted by atomic mass is 9.82. The number of hydrogen-bond acceptors (Lipinski definition) is 1. The predicted molar refractivity (Wildman–Crippen MR) is 271 cm³/mol. The van der Waals surface area contributed by atoms with Crippen molar-refractivity contribution in [3.63, 3.8) is 0 Å². The summed E-state index contributed by atoms with van der Waals surface area (Å²) >= 11 is 0. The van der Waals surface area contributed by atoms with Crippen LogP contribution in [-0.2, 0) is 5.41 Å². The summed E-state index contributed by atoms with van der Waals surface area (Å²) in [6.45, 7) is 4.70. The van der Waals surface area contributed by atoms with Crippen LogP contribution in [0.25, 0.3) is 77.9 Å². The molecule has 10 aromatic carbocycles. The molecular formula is C63H47N. The highest BCUT2D eigenvalue weighted by atomic mass is 15.1. The normalized spacial score (nSPS) is 12.3. The van der Waals surface area contributed by atoms with Gasteiger partial charge < -0.3 is 4.90 Å². The third-order valence-electron chi connectivity index (χ3n) is 13.1. The van der Waals surface area contributed by atoms with Crippen molar-refractivity contribution in [3.8, 4) is 77.9 Å². The second-order valence-corrected chi connectivity index (χ2v) is 17.3. The van der Waals surface area contributed by atoms with E-state index < -0.39 is 0 Å². The van der Waals surface area contributed by atoms with E-state index in [1.54, 1.807) is 0 Å². The molecule has 304 valence electrons. The highest BCUT2D eigenvalue weighted by Crippen LogP contribution is 2.52. The summed E-state index contributed by atoms with van der Waals surface area (Å²) in [6, 6.07) is 90.9. The van der Waals surface area contributed by atoms with E-state index in [0.29, 0.717) is 0 Å². The van der Waals surface area contributed by atoms with Gasteiger partial charge >= 0.3 is 0 Å². The summed E-state index contributed by atoms with van der Waals surface area (Å²) < 4.78 is 0. The minimum absolute atomic E-state index is 0.0709. The van der Waals surface area contributed by atoms with Crippen molar-refractivity contribution in [1.29, 1.82) is 0 Å². The summed E-state index contributed by atoms with van der Waals surface area (Å²) in [5, 5.41) is 0. The van der Waals surface area contributed by atoms with Crippen molar-refractivity contribution < 1.29 is 0 Å². The van der Waals surface area contributed by atoms with Crippen molar-refractivity contribution in [2.45, 2.75) is 19.3 Å². The molecule has 10 aromatic rings. The van der Waals surface area contributed by atoms with Gasteiger partial charge in [-0.15, -0.1) is 0 Å². The van der Waals surface area contributed by atoms with E-state index in [2.05, 4.69) is 267 Å². The smallest absolute Gasteiger partial charge is 0.0546 e. The second-order valence-electron chi connectivity index (χ2n) is 17.3. The van der Waals surface area contributed by atoms with Gasteiger partial charge in [0.25, 0.3) is 0 Å². The van der Waals surface area contributed by atoms with E-state index in [9.17, 15) is 0 Å². The Kier molecular flexibility index (Phi) is 9.94. The fourth-order valence-corrected chi connectivity index (χ4v) is 9.94. The first-order chi connectivity index (χ1) is 31.5. The number of para-hydroxylation sites is 1. The fourth-order valence-electron chi connectivity index (χ4n) is 9.94. The average Bonchev–Trinajstić information content (AvgIpc) is 3.60. The molecule has 0 aliphatic heterocycles. The Labute approximate surface area is 377 Å². The molecule has 0 saturated carbocycles. The van der Waals surface area contributed by atoms with Gasteiger partial charge in [0.2, 0.25) is 0 Å². The highest BCUT2D eigenvalue weighted by Gasteiger charge is 2.35. The second kappa shape index (κ2) is 16.4. The maximum atomic E-state index is 2.49. The third kappa shape index (κ3) is 6.93. The van der Waals surface area contributed by atoms with Gasteiger partial charge in [0.15, 0.2) is 0 Å². The fraction of sp³-hybridized carbons (Fsp3) is 0.0476. The quantitative estimate of drug-likeness (QED) is 0.140. The minimum atomic E-state index is -0.0709. The van der Waals surface area contributed by atoms with E-state index in [1.807, 2.05) is 0 Å². The van der Waals surface area contributed by atoms with Crippen molar-refractivity contribution >= 4 is 17.1 Å². The average molecular weight is 818 g/mol. The Morgan fingerprint density at radius 1 is 0.266 bits per heavy atom. The van der Waals surface area contributed by atoms with Gasteiger partial charge in [-0.2, -0.15) is 0 Å². The van der Waals surface area contributed by atoms with Gasteiger partial charge in [0, 0.05) is 22.2 Å². The van der Waals surface area contributed by atoms with Gasteiger partial charge in [-0.3, -0.25) is 0 Å². The molecule has 0 amide bonds. The van der Waals surface area contributed by atoms with Crippen LogP contribution in [0.15, 0.2) is 249 Å². The van der Waals surface area contributed by atoms with Crippen molar-refractivity contribution in [2.75, 3.05) is 4.90 Å². The lowest BCUT2D eigenvalue weighted by Crippen LogP contribution is -2.15. The molecule has 0 radical (unpaired) electrons. The molecule has 1 nitrogen and oxygen atoms in total. The zero-order chi connectivity index (χ0) is 43.0. The van der Waals surface area contributed by atoms with E-state index in [1.165, 1.54) is 89.0 Å². The lowest BCUT2D eigenvalue weighted by Gasteiger charge is -2.31. The zero-order valence-corrected chi connectivity index (χ0v) is 36.1. The Balaban J connectivity index is 1.13. The van der Waals surface area contributed by atoms with E-state index in [-0.39, 0.29) is 5.41 Å². The molecule has 0 saturated heterocycles. The molecule has 0 heterocycles. The Bertz CT molecular complexity index is 3260. The predicted octanol–water partition coefficient (Wildman–Crippen LogP) is 17.5. The van der Waals surface area contributed by atoms with Crippen LogP contribution in [0.2, 0.25) is 0 Å². The maximum absolute atomic E-state index is 2.49. The largest absolute Gasteiger partial charge is 0.309 e. The van der Waals surface area contributed by atoms with Crippen molar-refractivity contribution in [3.05, 3.63) is 260 Å². The van der Waals surface area contributed by atoms with E-state index >= 15 is 0 Å². The van der Waals surface area contributed by atoms with Crippen molar-refractivity contribution in [2.24, 2.45) is 0 Å². The van der Waals surface area contributed by atoms with E-state index in [0.717, 1.165) is 17.1 Å². The summed E-state index contributed by atoms with van der Waals surface area (Å²) in [4.78, 5) is 2.49. The summed E-state index contributed by atoms with van der Waals surface area (Å²) in [7, 11) is 0. The van der Waals surface area contributed by atoms with Crippen LogP contribution in [0.5, 0.6) is 0 Å². The number of fused-ring (bicyclic) bond motifs is 3. The summed E-state index contributed by atoms with van der Waals surface area (Å²) in [5.74, 6) is 0. The van der Waals surface area contributed by atoms with Gasteiger partial charge in [0.1, 0.15) is 0 Å². The van der Waals surface area contributed by atoms with Gasteiger partial charge in [0.05, 0.1) is 11.4 Å². The molecule has 0 aromatic heterocycles. The van der Waals surface area contributed by atoms with Crippen LogP contribution < -0.4 is 4.90 Å². The third-order valence-corrected chi connectivity index (χ3v) is 13.1. The molecule has 1 aliphatic rings. The molecular weight excluding hydrogens is 771 g/mol. The van der Waals surface area contributed by atoms with Crippen LogP contribution in [0.3, 0.4) is 0 Å². The van der Waals surface area contributed by atoms with Crippen molar-refractivity contribution in [1.82, 2.24) is 0 Å². The lowest BCUT2D eigenvalue weighted by molar-refractivity contribution is 0.660.